The van der Waals surface area contributed by atoms with E-state index < -0.39 is 41.8 Å². The van der Waals surface area contributed by atoms with Gasteiger partial charge in [-0.05, 0) is 55.5 Å². The van der Waals surface area contributed by atoms with Crippen molar-refractivity contribution < 1.29 is 28.7 Å². The van der Waals surface area contributed by atoms with Crippen molar-refractivity contribution in [3.63, 3.8) is 0 Å². The zero-order valence-corrected chi connectivity index (χ0v) is 24.1. The van der Waals surface area contributed by atoms with Crippen molar-refractivity contribution in [1.82, 2.24) is 15.5 Å². The van der Waals surface area contributed by atoms with Crippen LogP contribution in [-0.2, 0) is 23.9 Å². The van der Waals surface area contributed by atoms with E-state index >= 15 is 0 Å². The second-order valence-corrected chi connectivity index (χ2v) is 11.6. The van der Waals surface area contributed by atoms with Gasteiger partial charge in [-0.3, -0.25) is 9.59 Å². The highest BCUT2D eigenvalue weighted by atomic mass is 16.6. The molecule has 1 heterocycles. The van der Waals surface area contributed by atoms with Crippen LogP contribution < -0.4 is 10.6 Å². The SMILES string of the molecule is C[C@@H](NC(=O)OCC1c2ccccc2-c2ccccc21)C(=O)N1[C@@H](c2ccccc2)NC(=O)C[C@H]1C(=O)OC(C)(C)C. The number of ether oxygens (including phenoxy) is 2. The van der Waals surface area contributed by atoms with Gasteiger partial charge in [-0.25, -0.2) is 9.59 Å². The number of rotatable bonds is 6. The summed E-state index contributed by atoms with van der Waals surface area (Å²) in [5.74, 6) is -1.78. The third-order valence-corrected chi connectivity index (χ3v) is 7.39. The van der Waals surface area contributed by atoms with Gasteiger partial charge in [0.2, 0.25) is 11.8 Å². The first kappa shape index (κ1) is 28.9. The fourth-order valence-corrected chi connectivity index (χ4v) is 5.56. The maximum absolute atomic E-state index is 13.9. The van der Waals surface area contributed by atoms with Crippen LogP contribution in [0.4, 0.5) is 4.79 Å². The summed E-state index contributed by atoms with van der Waals surface area (Å²) in [5.41, 5.74) is 4.15. The number of carbonyl (C=O) groups is 4. The van der Waals surface area contributed by atoms with Crippen LogP contribution in [0.3, 0.4) is 0 Å². The maximum Gasteiger partial charge on any atom is 0.407 e. The van der Waals surface area contributed by atoms with E-state index in [9.17, 15) is 19.2 Å². The monoisotopic (exact) mass is 569 g/mol. The van der Waals surface area contributed by atoms with Crippen molar-refractivity contribution in [2.45, 2.75) is 63.9 Å². The van der Waals surface area contributed by atoms with Crippen molar-refractivity contribution in [2.75, 3.05) is 6.61 Å². The molecular weight excluding hydrogens is 534 g/mol. The number of carbonyl (C=O) groups excluding carboxylic acids is 4. The molecule has 0 radical (unpaired) electrons. The fourth-order valence-electron chi connectivity index (χ4n) is 5.56. The van der Waals surface area contributed by atoms with Gasteiger partial charge in [0.05, 0.1) is 6.42 Å². The van der Waals surface area contributed by atoms with Gasteiger partial charge in [0.15, 0.2) is 0 Å². The van der Waals surface area contributed by atoms with Crippen molar-refractivity contribution >= 4 is 23.9 Å². The van der Waals surface area contributed by atoms with E-state index in [1.807, 2.05) is 42.5 Å². The Morgan fingerprint density at radius 3 is 2.10 bits per heavy atom. The number of nitrogens with zero attached hydrogens (tertiary/aromatic N) is 1. The van der Waals surface area contributed by atoms with E-state index in [0.29, 0.717) is 5.56 Å². The molecule has 3 atom stereocenters. The molecular formula is C33H35N3O6. The van der Waals surface area contributed by atoms with Gasteiger partial charge in [-0.1, -0.05) is 78.9 Å². The molecule has 2 aliphatic rings. The van der Waals surface area contributed by atoms with Crippen LogP contribution in [0.1, 0.15) is 62.9 Å². The first-order chi connectivity index (χ1) is 20.0. The van der Waals surface area contributed by atoms with Gasteiger partial charge in [-0.2, -0.15) is 0 Å². The third kappa shape index (κ3) is 6.00. The number of fused-ring (bicyclic) bond motifs is 3. The molecule has 1 aliphatic carbocycles. The Hall–Kier alpha value is -4.66. The van der Waals surface area contributed by atoms with Crippen molar-refractivity contribution in [2.24, 2.45) is 0 Å². The number of nitrogens with one attached hydrogen (secondary N) is 2. The molecule has 0 saturated carbocycles. The molecule has 5 rings (SSSR count). The fraction of sp³-hybridized carbons (Fsp3) is 0.333. The van der Waals surface area contributed by atoms with E-state index in [1.165, 1.54) is 11.8 Å². The first-order valence-corrected chi connectivity index (χ1v) is 14.0. The smallest absolute Gasteiger partial charge is 0.407 e. The predicted octanol–water partition coefficient (Wildman–Crippen LogP) is 4.67. The van der Waals surface area contributed by atoms with Crippen LogP contribution in [-0.4, -0.2) is 53.1 Å². The summed E-state index contributed by atoms with van der Waals surface area (Å²) in [7, 11) is 0. The van der Waals surface area contributed by atoms with Gasteiger partial charge in [0.25, 0.3) is 0 Å². The minimum absolute atomic E-state index is 0.0910. The van der Waals surface area contributed by atoms with Crippen LogP contribution in [0.15, 0.2) is 78.9 Å². The second-order valence-electron chi connectivity index (χ2n) is 11.6. The summed E-state index contributed by atoms with van der Waals surface area (Å²) in [5, 5.41) is 5.44. The molecule has 3 aromatic carbocycles. The lowest BCUT2D eigenvalue weighted by Gasteiger charge is -2.42. The Kier molecular flexibility index (Phi) is 8.02. The number of alkyl carbamates (subject to hydrolysis) is 1. The lowest BCUT2D eigenvalue weighted by Crippen LogP contribution is -2.62. The van der Waals surface area contributed by atoms with Gasteiger partial charge in [-0.15, -0.1) is 0 Å². The Morgan fingerprint density at radius 2 is 1.50 bits per heavy atom. The zero-order chi connectivity index (χ0) is 30.0. The first-order valence-electron chi connectivity index (χ1n) is 14.0. The number of benzene rings is 3. The molecule has 9 heteroatoms. The Morgan fingerprint density at radius 1 is 0.929 bits per heavy atom. The minimum atomic E-state index is -1.18. The highest BCUT2D eigenvalue weighted by molar-refractivity contribution is 5.94. The van der Waals surface area contributed by atoms with Gasteiger partial charge in [0.1, 0.15) is 30.5 Å². The van der Waals surface area contributed by atoms with Gasteiger partial charge >= 0.3 is 12.1 Å². The molecule has 0 spiro atoms. The van der Waals surface area contributed by atoms with Crippen LogP contribution in [0.5, 0.6) is 0 Å². The van der Waals surface area contributed by atoms with E-state index in [4.69, 9.17) is 9.47 Å². The summed E-state index contributed by atoms with van der Waals surface area (Å²) in [6, 6.07) is 22.7. The molecule has 3 aromatic rings. The van der Waals surface area contributed by atoms with Crippen LogP contribution in [0.25, 0.3) is 11.1 Å². The maximum atomic E-state index is 13.9. The number of hydrogen-bond donors (Lipinski definition) is 2. The Bertz CT molecular complexity index is 1450. The van der Waals surface area contributed by atoms with Crippen LogP contribution in [0.2, 0.25) is 0 Å². The van der Waals surface area contributed by atoms with E-state index in [-0.39, 0.29) is 24.9 Å². The molecule has 218 valence electrons. The van der Waals surface area contributed by atoms with Gasteiger partial charge < -0.3 is 25.0 Å². The van der Waals surface area contributed by atoms with Gasteiger partial charge in [0, 0.05) is 5.92 Å². The largest absolute Gasteiger partial charge is 0.458 e. The number of hydrogen-bond acceptors (Lipinski definition) is 6. The van der Waals surface area contributed by atoms with Crippen molar-refractivity contribution in [3.05, 3.63) is 95.6 Å². The molecule has 0 aromatic heterocycles. The molecule has 2 N–H and O–H groups in total. The highest BCUT2D eigenvalue weighted by Crippen LogP contribution is 2.44. The lowest BCUT2D eigenvalue weighted by atomic mass is 9.98. The molecule has 0 unspecified atom stereocenters. The Labute approximate surface area is 245 Å². The third-order valence-electron chi connectivity index (χ3n) is 7.39. The highest BCUT2D eigenvalue weighted by Gasteiger charge is 2.45. The quantitative estimate of drug-likeness (QED) is 0.417. The number of esters is 1. The molecule has 1 saturated heterocycles. The standard InChI is InChI=1S/C33H35N3O6/c1-20(34-32(40)41-19-26-24-16-10-8-14-22(24)23-15-9-11-17-25(23)26)30(38)36-27(31(39)42-33(2,3)4)18-28(37)35-29(36)21-12-6-5-7-13-21/h5-17,20,26-27,29H,18-19H2,1-4H3,(H,34,40)(H,35,37)/t20-,27+,29+/m1/s1. The molecule has 42 heavy (non-hydrogen) atoms. The average molecular weight is 570 g/mol. The average Bonchev–Trinajstić information content (AvgIpc) is 3.28. The Balaban J connectivity index is 1.32. The van der Waals surface area contributed by atoms with Crippen LogP contribution >= 0.6 is 0 Å². The summed E-state index contributed by atoms with van der Waals surface area (Å²) in [6.45, 7) is 6.77. The van der Waals surface area contributed by atoms with Crippen molar-refractivity contribution in [3.8, 4) is 11.1 Å². The zero-order valence-electron chi connectivity index (χ0n) is 24.1. The van der Waals surface area contributed by atoms with E-state index in [1.54, 1.807) is 45.0 Å². The second kappa shape index (κ2) is 11.7. The predicted molar refractivity (Wildman–Crippen MR) is 156 cm³/mol. The number of amides is 3. The van der Waals surface area contributed by atoms with E-state index in [2.05, 4.69) is 22.8 Å². The minimum Gasteiger partial charge on any atom is -0.458 e. The summed E-state index contributed by atoms with van der Waals surface area (Å²) in [6.07, 6.45) is -1.95. The summed E-state index contributed by atoms with van der Waals surface area (Å²) in [4.78, 5) is 54.1. The molecule has 1 aliphatic heterocycles. The normalized spacial score (nSPS) is 18.8. The molecule has 9 nitrogen and oxygen atoms in total. The summed E-state index contributed by atoms with van der Waals surface area (Å²) >= 11 is 0. The summed E-state index contributed by atoms with van der Waals surface area (Å²) < 4.78 is 11.2. The molecule has 0 bridgehead atoms. The lowest BCUT2D eigenvalue weighted by molar-refractivity contribution is -0.172. The molecule has 1 fully saturated rings. The van der Waals surface area contributed by atoms with E-state index in [0.717, 1.165) is 22.3 Å². The topological polar surface area (TPSA) is 114 Å². The molecule has 3 amide bonds. The van der Waals surface area contributed by atoms with Crippen molar-refractivity contribution in [1.29, 1.82) is 0 Å². The van der Waals surface area contributed by atoms with Crippen LogP contribution in [0, 0.1) is 0 Å².